The topological polar surface area (TPSA) is 98.8 Å². The van der Waals surface area contributed by atoms with Crippen LogP contribution in [0.1, 0.15) is 14.3 Å². The minimum Gasteiger partial charge on any atom is -0.383 e. The minimum absolute atomic E-state index is 0. The van der Waals surface area contributed by atoms with E-state index < -0.39 is 10.0 Å². The molecule has 2 aromatic heterocycles. The van der Waals surface area contributed by atoms with Crippen molar-refractivity contribution in [2.24, 2.45) is 0 Å². The lowest BCUT2D eigenvalue weighted by atomic mass is 10.1. The molecule has 4 heterocycles. The molecule has 2 aliphatic heterocycles. The molecule has 5 rings (SSSR count). The summed E-state index contributed by atoms with van der Waals surface area (Å²) in [6.07, 6.45) is 4.65. The summed E-state index contributed by atoms with van der Waals surface area (Å²) in [5.74, 6) is 0. The van der Waals surface area contributed by atoms with E-state index in [0.29, 0.717) is 31.1 Å². The van der Waals surface area contributed by atoms with Gasteiger partial charge in [-0.25, -0.2) is 8.42 Å². The summed E-state index contributed by atoms with van der Waals surface area (Å²) in [5, 5.41) is 0. The van der Waals surface area contributed by atoms with Crippen molar-refractivity contribution in [1.29, 1.82) is 0 Å². The van der Waals surface area contributed by atoms with Gasteiger partial charge in [0.2, 0.25) is 16.4 Å². The van der Waals surface area contributed by atoms with Crippen molar-refractivity contribution in [3.8, 4) is 11.3 Å². The predicted molar refractivity (Wildman–Crippen MR) is 134 cm³/mol. The van der Waals surface area contributed by atoms with Gasteiger partial charge in [-0.05, 0) is 49.2 Å². The molecule has 0 radical (unpaired) electrons. The Kier molecular flexibility index (Phi) is 7.50. The number of aromatic nitrogens is 2. The zero-order valence-electron chi connectivity index (χ0n) is 19.6. The first-order valence-corrected chi connectivity index (χ1v) is 12.9. The number of fused-ring (bicyclic) bond motifs is 1. The molecule has 0 aliphatic carbocycles. The second kappa shape index (κ2) is 10.5. The SMILES string of the molecule is COCCN(C)C=O.O=S(=O)(c1ccc(N2CCC2)c(-c2cc3ncccc3[nH]2)c1)N1CCC1.[HH]. The largest absolute Gasteiger partial charge is 0.383 e. The number of aromatic amines is 1. The maximum absolute atomic E-state index is 12.8. The Bertz CT molecular complexity index is 1210. The van der Waals surface area contributed by atoms with Crippen LogP contribution in [0.4, 0.5) is 5.69 Å². The Morgan fingerprint density at radius 3 is 2.53 bits per heavy atom. The van der Waals surface area contributed by atoms with Crippen LogP contribution >= 0.6 is 0 Å². The van der Waals surface area contributed by atoms with Gasteiger partial charge < -0.3 is 19.5 Å². The Balaban J connectivity index is 0.000000332. The monoisotopic (exact) mass is 487 g/mol. The van der Waals surface area contributed by atoms with Gasteiger partial charge in [-0.15, -0.1) is 0 Å². The number of rotatable bonds is 8. The number of carbonyl (C=O) groups excluding carboxylic acids is 1. The summed E-state index contributed by atoms with van der Waals surface area (Å²) in [6.45, 7) is 4.51. The fourth-order valence-electron chi connectivity index (χ4n) is 3.79. The summed E-state index contributed by atoms with van der Waals surface area (Å²) in [5.41, 5.74) is 4.73. The second-order valence-corrected chi connectivity index (χ2v) is 10.4. The lowest BCUT2D eigenvalue weighted by Crippen LogP contribution is -2.42. The van der Waals surface area contributed by atoms with E-state index in [-0.39, 0.29) is 1.43 Å². The average molecular weight is 488 g/mol. The number of nitrogens with one attached hydrogen (secondary N) is 1. The molecule has 184 valence electrons. The molecule has 2 fully saturated rings. The molecule has 1 aromatic carbocycles. The van der Waals surface area contributed by atoms with Gasteiger partial charge in [0.15, 0.2) is 0 Å². The highest BCUT2D eigenvalue weighted by molar-refractivity contribution is 7.89. The molecule has 0 bridgehead atoms. The highest BCUT2D eigenvalue weighted by Gasteiger charge is 2.30. The van der Waals surface area contributed by atoms with E-state index in [1.54, 1.807) is 30.7 Å². The number of pyridine rings is 1. The molecule has 34 heavy (non-hydrogen) atoms. The van der Waals surface area contributed by atoms with Gasteiger partial charge in [0.1, 0.15) is 0 Å². The van der Waals surface area contributed by atoms with E-state index in [1.807, 2.05) is 30.3 Å². The molecule has 1 amide bonds. The Morgan fingerprint density at radius 1 is 1.18 bits per heavy atom. The van der Waals surface area contributed by atoms with Gasteiger partial charge in [-0.3, -0.25) is 9.78 Å². The third-order valence-corrected chi connectivity index (χ3v) is 8.02. The normalized spacial score (nSPS) is 15.8. The van der Waals surface area contributed by atoms with E-state index in [0.717, 1.165) is 53.9 Å². The first kappa shape index (κ1) is 24.2. The number of anilines is 1. The van der Waals surface area contributed by atoms with Crippen LogP contribution in [-0.4, -0.2) is 87.5 Å². The van der Waals surface area contributed by atoms with Crippen molar-refractivity contribution in [2.75, 3.05) is 58.4 Å². The first-order chi connectivity index (χ1) is 16.4. The molecule has 0 spiro atoms. The number of H-pyrrole nitrogens is 1. The molecule has 9 nitrogen and oxygen atoms in total. The summed E-state index contributed by atoms with van der Waals surface area (Å²) < 4.78 is 31.9. The van der Waals surface area contributed by atoms with Crippen LogP contribution in [0.2, 0.25) is 0 Å². The van der Waals surface area contributed by atoms with Crippen molar-refractivity contribution in [1.82, 2.24) is 19.2 Å². The standard InChI is InChI=1S/C19H20N4O2S.C5H11NO2.H2/c24-26(25,23-10-3-11-23)14-5-6-19(22-8-2-9-22)15(12-14)17-13-18-16(21-17)4-1-7-20-18;1-6(5-7)3-4-8-2;/h1,4-7,12-13,21H,2-3,8-11H2;5H,3-4H2,1-2H3;1H. The number of ether oxygens (including phenoxy) is 1. The van der Waals surface area contributed by atoms with Crippen LogP contribution in [-0.2, 0) is 19.6 Å². The highest BCUT2D eigenvalue weighted by atomic mass is 32.2. The van der Waals surface area contributed by atoms with E-state index in [2.05, 4.69) is 14.9 Å². The molecule has 0 saturated carbocycles. The number of nitrogens with zero attached hydrogens (tertiary/aromatic N) is 4. The quantitative estimate of drug-likeness (QED) is 0.491. The maximum Gasteiger partial charge on any atom is 0.243 e. The van der Waals surface area contributed by atoms with Gasteiger partial charge in [0, 0.05) is 65.8 Å². The maximum atomic E-state index is 12.8. The van der Waals surface area contributed by atoms with Crippen LogP contribution in [0.15, 0.2) is 47.5 Å². The van der Waals surface area contributed by atoms with Crippen molar-refractivity contribution < 1.29 is 19.4 Å². The molecule has 0 unspecified atom stereocenters. The van der Waals surface area contributed by atoms with Crippen molar-refractivity contribution >= 4 is 33.2 Å². The van der Waals surface area contributed by atoms with E-state index in [4.69, 9.17) is 4.74 Å². The predicted octanol–water partition coefficient (Wildman–Crippen LogP) is 2.80. The smallest absolute Gasteiger partial charge is 0.243 e. The Hall–Kier alpha value is -2.95. The second-order valence-electron chi connectivity index (χ2n) is 8.48. The summed E-state index contributed by atoms with van der Waals surface area (Å²) in [4.78, 5) is 21.8. The Labute approximate surface area is 201 Å². The Morgan fingerprint density at radius 2 is 1.94 bits per heavy atom. The number of amides is 1. The van der Waals surface area contributed by atoms with E-state index in [9.17, 15) is 13.2 Å². The molecule has 0 atom stereocenters. The number of likely N-dealkylation sites (N-methyl/N-ethyl adjacent to an activating group) is 1. The van der Waals surface area contributed by atoms with Gasteiger partial charge in [-0.1, -0.05) is 0 Å². The molecule has 10 heteroatoms. The summed E-state index contributed by atoms with van der Waals surface area (Å²) in [6, 6.07) is 11.4. The van der Waals surface area contributed by atoms with Crippen LogP contribution < -0.4 is 4.90 Å². The molecule has 1 N–H and O–H groups in total. The van der Waals surface area contributed by atoms with Crippen LogP contribution in [0.5, 0.6) is 0 Å². The zero-order chi connectivity index (χ0) is 24.1. The van der Waals surface area contributed by atoms with Crippen molar-refractivity contribution in [2.45, 2.75) is 17.7 Å². The number of carbonyl (C=O) groups is 1. The van der Waals surface area contributed by atoms with Gasteiger partial charge >= 0.3 is 0 Å². The van der Waals surface area contributed by atoms with Gasteiger partial charge in [0.05, 0.1) is 28.2 Å². The number of benzene rings is 1. The molecular weight excluding hydrogens is 454 g/mol. The third-order valence-electron chi connectivity index (χ3n) is 6.12. The van der Waals surface area contributed by atoms with Gasteiger partial charge in [0.25, 0.3) is 0 Å². The third kappa shape index (κ3) is 5.08. The van der Waals surface area contributed by atoms with Crippen molar-refractivity contribution in [3.05, 3.63) is 42.6 Å². The fourth-order valence-corrected chi connectivity index (χ4v) is 5.33. The van der Waals surface area contributed by atoms with Gasteiger partial charge in [-0.2, -0.15) is 4.31 Å². The lowest BCUT2D eigenvalue weighted by molar-refractivity contribution is -0.117. The molecule has 2 saturated heterocycles. The molecular formula is C24H33N5O4S. The summed E-state index contributed by atoms with van der Waals surface area (Å²) in [7, 11) is -0.0846. The van der Waals surface area contributed by atoms with Crippen LogP contribution in [0.3, 0.4) is 0 Å². The summed E-state index contributed by atoms with van der Waals surface area (Å²) >= 11 is 0. The van der Waals surface area contributed by atoms with E-state index in [1.165, 1.54) is 11.3 Å². The minimum atomic E-state index is -3.41. The first-order valence-electron chi connectivity index (χ1n) is 11.4. The average Bonchev–Trinajstić information content (AvgIpc) is 3.19. The number of hydrogen-bond donors (Lipinski definition) is 1. The van der Waals surface area contributed by atoms with Crippen LogP contribution in [0, 0.1) is 0 Å². The highest BCUT2D eigenvalue weighted by Crippen LogP contribution is 2.37. The number of sulfonamides is 1. The van der Waals surface area contributed by atoms with Crippen molar-refractivity contribution in [3.63, 3.8) is 0 Å². The molecule has 2 aliphatic rings. The number of methoxy groups -OCH3 is 1. The van der Waals surface area contributed by atoms with Crippen LogP contribution in [0.25, 0.3) is 22.3 Å². The zero-order valence-corrected chi connectivity index (χ0v) is 20.4. The van der Waals surface area contributed by atoms with E-state index >= 15 is 0 Å². The molecule has 3 aromatic rings. The fraction of sp³-hybridized carbons (Fsp3) is 0.417. The lowest BCUT2D eigenvalue weighted by Gasteiger charge is -2.35. The number of hydrogen-bond acceptors (Lipinski definition) is 6.